The summed E-state index contributed by atoms with van der Waals surface area (Å²) in [6, 6.07) is 27.8. The number of rotatable bonds is 10. The average Bonchev–Trinajstić information content (AvgIpc) is 2.94. The van der Waals surface area contributed by atoms with Crippen LogP contribution in [0.4, 0.5) is 0 Å². The predicted molar refractivity (Wildman–Crippen MR) is 135 cm³/mol. The smallest absolute Gasteiger partial charge is 0.322 e. The van der Waals surface area contributed by atoms with E-state index in [0.29, 0.717) is 0 Å². The normalized spacial score (nSPS) is 10.5. The molecule has 1 aromatic heterocycles. The highest BCUT2D eigenvalue weighted by Gasteiger charge is 2.23. The maximum absolute atomic E-state index is 13.5. The largest absolute Gasteiger partial charge is 0.480 e. The molecule has 3 aromatic carbocycles. The molecule has 9 nitrogen and oxygen atoms in total. The number of hydrogen-bond donors (Lipinski definition) is 3. The van der Waals surface area contributed by atoms with Crippen LogP contribution in [0.25, 0.3) is 0 Å². The third-order valence-corrected chi connectivity index (χ3v) is 5.36. The summed E-state index contributed by atoms with van der Waals surface area (Å²) in [5.41, 5.74) is 2.61. The van der Waals surface area contributed by atoms with Crippen molar-refractivity contribution in [3.05, 3.63) is 125 Å². The molecule has 2 amide bonds. The Morgan fingerprint density at radius 1 is 0.811 bits per heavy atom. The van der Waals surface area contributed by atoms with E-state index in [9.17, 15) is 14.4 Å². The number of hydrogen-bond acceptors (Lipinski definition) is 6. The summed E-state index contributed by atoms with van der Waals surface area (Å²) in [6.45, 7) is -0.504. The minimum absolute atomic E-state index is 0.0302. The molecule has 0 bridgehead atoms. The van der Waals surface area contributed by atoms with Crippen molar-refractivity contribution < 1.29 is 24.2 Å². The van der Waals surface area contributed by atoms with Crippen LogP contribution >= 0.6 is 0 Å². The second-order valence-corrected chi connectivity index (χ2v) is 7.99. The van der Waals surface area contributed by atoms with Crippen LogP contribution in [-0.4, -0.2) is 39.4 Å². The number of aliphatic carboxylic acids is 1. The monoisotopic (exact) mass is 496 g/mol. The topological polar surface area (TPSA) is 131 Å². The van der Waals surface area contributed by atoms with Gasteiger partial charge in [0.1, 0.15) is 18.7 Å². The summed E-state index contributed by atoms with van der Waals surface area (Å²) in [5.74, 6) is -2.93. The third-order valence-electron chi connectivity index (χ3n) is 5.36. The molecule has 0 spiro atoms. The molecule has 1 heterocycles. The molecular weight excluding hydrogens is 472 g/mol. The zero-order valence-electron chi connectivity index (χ0n) is 19.7. The number of carbonyl (C=O) groups excluding carboxylic acids is 2. The molecule has 3 N–H and O–H groups in total. The zero-order valence-corrected chi connectivity index (χ0v) is 19.7. The predicted octanol–water partition coefficient (Wildman–Crippen LogP) is 3.39. The lowest BCUT2D eigenvalue weighted by atomic mass is 9.98. The Hall–Kier alpha value is -5.05. The highest BCUT2D eigenvalue weighted by Crippen LogP contribution is 2.24. The first-order chi connectivity index (χ1) is 18.0. The molecule has 9 heteroatoms. The molecule has 0 aliphatic heterocycles. The molecule has 4 aromatic rings. The number of carbonyl (C=O) groups is 3. The fourth-order valence-electron chi connectivity index (χ4n) is 3.56. The van der Waals surface area contributed by atoms with Crippen LogP contribution in [0.3, 0.4) is 0 Å². The summed E-state index contributed by atoms with van der Waals surface area (Å²) in [5, 5.41) is 14.0. The zero-order chi connectivity index (χ0) is 26.0. The SMILES string of the molecule is O=C(O)CNC(=O)c1ncc(C(=O)NC(c2ccccc2)c2ccccc2)c(OCc2ccccc2)n1. The van der Waals surface area contributed by atoms with Gasteiger partial charge in [0.05, 0.1) is 6.04 Å². The van der Waals surface area contributed by atoms with Gasteiger partial charge in [0.2, 0.25) is 11.7 Å². The first-order valence-electron chi connectivity index (χ1n) is 11.5. The van der Waals surface area contributed by atoms with Crippen LogP contribution in [0.5, 0.6) is 5.88 Å². The van der Waals surface area contributed by atoms with Crippen molar-refractivity contribution in [2.45, 2.75) is 12.6 Å². The van der Waals surface area contributed by atoms with E-state index >= 15 is 0 Å². The van der Waals surface area contributed by atoms with Gasteiger partial charge in [0.25, 0.3) is 11.8 Å². The first-order valence-corrected chi connectivity index (χ1v) is 11.5. The maximum Gasteiger partial charge on any atom is 0.322 e. The summed E-state index contributed by atoms with van der Waals surface area (Å²) in [7, 11) is 0. The van der Waals surface area contributed by atoms with Crippen molar-refractivity contribution in [3.63, 3.8) is 0 Å². The van der Waals surface area contributed by atoms with E-state index in [-0.39, 0.29) is 23.9 Å². The van der Waals surface area contributed by atoms with E-state index in [1.165, 1.54) is 6.20 Å². The minimum atomic E-state index is -1.21. The second kappa shape index (κ2) is 12.1. The number of benzene rings is 3. The molecular formula is C28H24N4O5. The lowest BCUT2D eigenvalue weighted by Gasteiger charge is -2.20. The van der Waals surface area contributed by atoms with Gasteiger partial charge in [-0.15, -0.1) is 0 Å². The van der Waals surface area contributed by atoms with Gasteiger partial charge >= 0.3 is 5.97 Å². The number of aromatic nitrogens is 2. The van der Waals surface area contributed by atoms with E-state index in [0.717, 1.165) is 16.7 Å². The summed E-state index contributed by atoms with van der Waals surface area (Å²) in [4.78, 5) is 44.8. The molecule has 0 saturated heterocycles. The molecule has 37 heavy (non-hydrogen) atoms. The van der Waals surface area contributed by atoms with Crippen molar-refractivity contribution >= 4 is 17.8 Å². The van der Waals surface area contributed by atoms with Crippen LogP contribution in [0.2, 0.25) is 0 Å². The molecule has 0 unspecified atom stereocenters. The number of carboxylic acid groups (broad SMARTS) is 1. The van der Waals surface area contributed by atoms with E-state index in [4.69, 9.17) is 9.84 Å². The highest BCUT2D eigenvalue weighted by atomic mass is 16.5. The number of ether oxygens (including phenoxy) is 1. The molecule has 0 saturated carbocycles. The summed E-state index contributed by atoms with van der Waals surface area (Å²) >= 11 is 0. The Bertz CT molecular complexity index is 1330. The third kappa shape index (κ3) is 6.76. The van der Waals surface area contributed by atoms with Crippen LogP contribution in [-0.2, 0) is 11.4 Å². The average molecular weight is 497 g/mol. The summed E-state index contributed by atoms with van der Waals surface area (Å²) < 4.78 is 5.85. The van der Waals surface area contributed by atoms with Gasteiger partial charge in [-0.1, -0.05) is 91.0 Å². The lowest BCUT2D eigenvalue weighted by molar-refractivity contribution is -0.135. The molecule has 0 fully saturated rings. The summed E-state index contributed by atoms with van der Waals surface area (Å²) in [6.07, 6.45) is 1.20. The van der Waals surface area contributed by atoms with Gasteiger partial charge in [-0.3, -0.25) is 14.4 Å². The molecule has 0 aliphatic carbocycles. The van der Waals surface area contributed by atoms with Crippen molar-refractivity contribution in [3.8, 4) is 5.88 Å². The first kappa shape index (κ1) is 25.1. The maximum atomic E-state index is 13.5. The number of amides is 2. The Kier molecular flexibility index (Phi) is 8.18. The molecule has 186 valence electrons. The van der Waals surface area contributed by atoms with Crippen LogP contribution < -0.4 is 15.4 Å². The second-order valence-electron chi connectivity index (χ2n) is 7.99. The Balaban J connectivity index is 1.64. The van der Waals surface area contributed by atoms with Gasteiger partial charge in [-0.05, 0) is 16.7 Å². The Morgan fingerprint density at radius 3 is 1.95 bits per heavy atom. The minimum Gasteiger partial charge on any atom is -0.480 e. The quantitative estimate of drug-likeness (QED) is 0.307. The van der Waals surface area contributed by atoms with Crippen molar-refractivity contribution in [1.82, 2.24) is 20.6 Å². The van der Waals surface area contributed by atoms with E-state index in [2.05, 4.69) is 20.6 Å². The molecule has 4 rings (SSSR count). The van der Waals surface area contributed by atoms with E-state index in [1.54, 1.807) is 0 Å². The molecule has 0 aliphatic rings. The van der Waals surface area contributed by atoms with Crippen molar-refractivity contribution in [1.29, 1.82) is 0 Å². The number of nitrogens with zero attached hydrogens (tertiary/aromatic N) is 2. The fraction of sp³-hybridized carbons (Fsp3) is 0.107. The van der Waals surface area contributed by atoms with Crippen molar-refractivity contribution in [2.24, 2.45) is 0 Å². The fourth-order valence-corrected chi connectivity index (χ4v) is 3.56. The van der Waals surface area contributed by atoms with Gasteiger partial charge in [0.15, 0.2) is 0 Å². The van der Waals surface area contributed by atoms with Crippen LogP contribution in [0.15, 0.2) is 97.2 Å². The van der Waals surface area contributed by atoms with Crippen LogP contribution in [0, 0.1) is 0 Å². The molecule has 0 atom stereocenters. The van der Waals surface area contributed by atoms with Gasteiger partial charge in [-0.2, -0.15) is 4.98 Å². The van der Waals surface area contributed by atoms with E-state index < -0.39 is 30.4 Å². The lowest BCUT2D eigenvalue weighted by Crippen LogP contribution is -2.32. The Morgan fingerprint density at radius 2 is 1.38 bits per heavy atom. The van der Waals surface area contributed by atoms with Crippen molar-refractivity contribution in [2.75, 3.05) is 6.54 Å². The van der Waals surface area contributed by atoms with Gasteiger partial charge in [0, 0.05) is 6.20 Å². The number of nitrogens with one attached hydrogen (secondary N) is 2. The number of carboxylic acids is 1. The van der Waals surface area contributed by atoms with Gasteiger partial charge in [-0.25, -0.2) is 4.98 Å². The van der Waals surface area contributed by atoms with E-state index in [1.807, 2.05) is 91.0 Å². The van der Waals surface area contributed by atoms with Gasteiger partial charge < -0.3 is 20.5 Å². The Labute approximate surface area is 213 Å². The molecule has 0 radical (unpaired) electrons. The standard InChI is InChI=1S/C28H24N4O5/c33-23(34)17-30-27(36)25-29-16-22(28(32-25)37-18-19-10-4-1-5-11-19)26(35)31-24(20-12-6-2-7-13-20)21-14-8-3-9-15-21/h1-16,24H,17-18H2,(H,30,36)(H,31,35)(H,33,34). The van der Waals surface area contributed by atoms with Crippen LogP contribution in [0.1, 0.15) is 43.7 Å². The highest BCUT2D eigenvalue weighted by molar-refractivity contribution is 5.98.